The van der Waals surface area contributed by atoms with Crippen molar-refractivity contribution >= 4 is 11.3 Å². The van der Waals surface area contributed by atoms with E-state index >= 15 is 0 Å². The predicted octanol–water partition coefficient (Wildman–Crippen LogP) is 3.67. The fraction of sp³-hybridized carbons (Fsp3) is 0.235. The second kappa shape index (κ2) is 6.24. The summed E-state index contributed by atoms with van der Waals surface area (Å²) in [7, 11) is 2.04. The van der Waals surface area contributed by atoms with E-state index in [-0.39, 0.29) is 6.04 Å². The first-order chi connectivity index (χ1) is 10.2. The first kappa shape index (κ1) is 14.0. The van der Waals surface area contributed by atoms with Crippen LogP contribution >= 0.6 is 11.3 Å². The van der Waals surface area contributed by atoms with Gasteiger partial charge in [-0.15, -0.1) is 11.3 Å². The Morgan fingerprint density at radius 1 is 1.19 bits per heavy atom. The van der Waals surface area contributed by atoms with Crippen molar-refractivity contribution in [3.63, 3.8) is 0 Å². The van der Waals surface area contributed by atoms with Crippen LogP contribution in [0, 0.1) is 6.92 Å². The molecule has 4 heteroatoms. The Balaban J connectivity index is 1.84. The van der Waals surface area contributed by atoms with E-state index in [2.05, 4.69) is 58.2 Å². The van der Waals surface area contributed by atoms with Gasteiger partial charge in [0.1, 0.15) is 5.82 Å². The molecule has 0 saturated heterocycles. The highest BCUT2D eigenvalue weighted by Crippen LogP contribution is 2.22. The molecular weight excluding hydrogens is 278 g/mol. The van der Waals surface area contributed by atoms with Crippen molar-refractivity contribution in [1.29, 1.82) is 0 Å². The molecule has 0 aliphatic heterocycles. The summed E-state index contributed by atoms with van der Waals surface area (Å²) in [6.45, 7) is 2.99. The third-order valence-electron chi connectivity index (χ3n) is 3.53. The number of benzene rings is 1. The van der Waals surface area contributed by atoms with Crippen LogP contribution in [0.5, 0.6) is 0 Å². The van der Waals surface area contributed by atoms with Gasteiger partial charge in [0.25, 0.3) is 0 Å². The van der Waals surface area contributed by atoms with Crippen LogP contribution in [0.3, 0.4) is 0 Å². The lowest BCUT2D eigenvalue weighted by Crippen LogP contribution is -2.24. The van der Waals surface area contributed by atoms with E-state index in [0.29, 0.717) is 0 Å². The molecule has 0 spiro atoms. The Kier molecular flexibility index (Phi) is 4.18. The maximum Gasteiger partial charge on any atom is 0.130 e. The normalized spacial score (nSPS) is 12.5. The molecular formula is C17H19N3S. The highest BCUT2D eigenvalue weighted by Gasteiger charge is 2.17. The quantitative estimate of drug-likeness (QED) is 0.778. The summed E-state index contributed by atoms with van der Waals surface area (Å²) in [5.41, 5.74) is 1.24. The number of aromatic nitrogens is 2. The molecule has 0 amide bonds. The number of nitrogens with one attached hydrogen (secondary N) is 1. The molecule has 0 saturated carbocycles. The molecule has 1 atom stereocenters. The van der Waals surface area contributed by atoms with Crippen molar-refractivity contribution in [2.45, 2.75) is 19.5 Å². The van der Waals surface area contributed by atoms with Crippen LogP contribution in [0.2, 0.25) is 0 Å². The Morgan fingerprint density at radius 3 is 2.62 bits per heavy atom. The van der Waals surface area contributed by atoms with Crippen molar-refractivity contribution in [2.24, 2.45) is 7.05 Å². The summed E-state index contributed by atoms with van der Waals surface area (Å²) in [5, 5.41) is 3.64. The zero-order valence-corrected chi connectivity index (χ0v) is 13.1. The van der Waals surface area contributed by atoms with Gasteiger partial charge >= 0.3 is 0 Å². The molecule has 0 unspecified atom stereocenters. The van der Waals surface area contributed by atoms with E-state index in [1.54, 1.807) is 0 Å². The maximum absolute atomic E-state index is 4.51. The Labute approximate surface area is 129 Å². The summed E-state index contributed by atoms with van der Waals surface area (Å²) >= 11 is 1.84. The van der Waals surface area contributed by atoms with E-state index in [9.17, 15) is 0 Å². The Morgan fingerprint density at radius 2 is 2.00 bits per heavy atom. The highest BCUT2D eigenvalue weighted by atomic mass is 32.1. The molecule has 1 N–H and O–H groups in total. The van der Waals surface area contributed by atoms with Gasteiger partial charge in [0.05, 0.1) is 6.04 Å². The lowest BCUT2D eigenvalue weighted by atomic mass is 10.1. The largest absolute Gasteiger partial charge is 0.336 e. The lowest BCUT2D eigenvalue weighted by Gasteiger charge is -2.18. The average Bonchev–Trinajstić information content (AvgIpc) is 3.10. The number of hydrogen-bond acceptors (Lipinski definition) is 3. The van der Waals surface area contributed by atoms with E-state index in [0.717, 1.165) is 12.4 Å². The maximum atomic E-state index is 4.51. The van der Waals surface area contributed by atoms with Gasteiger partial charge in [-0.25, -0.2) is 4.98 Å². The zero-order valence-electron chi connectivity index (χ0n) is 12.3. The van der Waals surface area contributed by atoms with Crippen LogP contribution in [-0.4, -0.2) is 9.55 Å². The van der Waals surface area contributed by atoms with Gasteiger partial charge in [-0.05, 0) is 24.6 Å². The van der Waals surface area contributed by atoms with E-state index in [4.69, 9.17) is 0 Å². The zero-order chi connectivity index (χ0) is 14.7. The number of aryl methyl sites for hydroxylation is 2. The summed E-state index contributed by atoms with van der Waals surface area (Å²) in [6.07, 6.45) is 3.84. The molecule has 2 aromatic heterocycles. The van der Waals surface area contributed by atoms with Crippen LogP contribution < -0.4 is 5.32 Å². The van der Waals surface area contributed by atoms with E-state index in [1.807, 2.05) is 36.8 Å². The number of imidazole rings is 1. The van der Waals surface area contributed by atoms with Crippen molar-refractivity contribution in [2.75, 3.05) is 0 Å². The van der Waals surface area contributed by atoms with Crippen LogP contribution in [0.1, 0.15) is 27.2 Å². The first-order valence-corrected chi connectivity index (χ1v) is 7.86. The summed E-state index contributed by atoms with van der Waals surface area (Å²) < 4.78 is 2.07. The predicted molar refractivity (Wildman–Crippen MR) is 87.4 cm³/mol. The molecule has 3 rings (SSSR count). The number of hydrogen-bond donors (Lipinski definition) is 1. The fourth-order valence-electron chi connectivity index (χ4n) is 2.44. The van der Waals surface area contributed by atoms with Gasteiger partial charge in [-0.2, -0.15) is 0 Å². The van der Waals surface area contributed by atoms with Gasteiger partial charge in [0.15, 0.2) is 0 Å². The molecule has 0 bridgehead atoms. The van der Waals surface area contributed by atoms with Crippen molar-refractivity contribution in [1.82, 2.24) is 14.9 Å². The summed E-state index contributed by atoms with van der Waals surface area (Å²) in [4.78, 5) is 7.21. The minimum atomic E-state index is 0.105. The third kappa shape index (κ3) is 3.23. The summed E-state index contributed by atoms with van der Waals surface area (Å²) in [5.74, 6) is 1.04. The fourth-order valence-corrected chi connectivity index (χ4v) is 3.28. The Hall–Kier alpha value is -1.91. The standard InChI is InChI=1S/C17H19N3S/c1-13-8-9-15(21-13)12-19-16(14-6-4-3-5-7-14)17-18-10-11-20(17)2/h3-11,16,19H,12H2,1-2H3/t16-/m0/s1. The second-order valence-electron chi connectivity index (χ2n) is 5.13. The molecule has 3 nitrogen and oxygen atoms in total. The number of rotatable bonds is 5. The topological polar surface area (TPSA) is 29.9 Å². The van der Waals surface area contributed by atoms with Crippen LogP contribution in [-0.2, 0) is 13.6 Å². The van der Waals surface area contributed by atoms with Crippen molar-refractivity contribution < 1.29 is 0 Å². The van der Waals surface area contributed by atoms with Crippen LogP contribution in [0.25, 0.3) is 0 Å². The van der Waals surface area contributed by atoms with E-state index in [1.165, 1.54) is 15.3 Å². The molecule has 108 valence electrons. The number of nitrogens with zero attached hydrogens (tertiary/aromatic N) is 2. The molecule has 2 heterocycles. The number of thiophene rings is 1. The summed E-state index contributed by atoms with van der Waals surface area (Å²) in [6, 6.07) is 14.9. The van der Waals surface area contributed by atoms with Gasteiger partial charge in [-0.3, -0.25) is 5.32 Å². The van der Waals surface area contributed by atoms with E-state index < -0.39 is 0 Å². The highest BCUT2D eigenvalue weighted by molar-refractivity contribution is 7.11. The third-order valence-corrected chi connectivity index (χ3v) is 4.53. The van der Waals surface area contributed by atoms with Gasteiger partial charge in [0, 0.05) is 35.7 Å². The lowest BCUT2D eigenvalue weighted by molar-refractivity contribution is 0.561. The molecule has 0 aliphatic carbocycles. The van der Waals surface area contributed by atoms with Crippen LogP contribution in [0.15, 0.2) is 54.9 Å². The SMILES string of the molecule is Cc1ccc(CN[C@@H](c2ccccc2)c2nccn2C)s1. The monoisotopic (exact) mass is 297 g/mol. The smallest absolute Gasteiger partial charge is 0.130 e. The average molecular weight is 297 g/mol. The molecule has 3 aromatic rings. The minimum absolute atomic E-state index is 0.105. The minimum Gasteiger partial charge on any atom is -0.336 e. The second-order valence-corrected chi connectivity index (χ2v) is 6.51. The van der Waals surface area contributed by atoms with Gasteiger partial charge in [0.2, 0.25) is 0 Å². The van der Waals surface area contributed by atoms with Crippen LogP contribution in [0.4, 0.5) is 0 Å². The molecule has 1 aromatic carbocycles. The van der Waals surface area contributed by atoms with Crippen molar-refractivity contribution in [3.8, 4) is 0 Å². The first-order valence-electron chi connectivity index (χ1n) is 7.05. The molecule has 21 heavy (non-hydrogen) atoms. The van der Waals surface area contributed by atoms with Gasteiger partial charge < -0.3 is 4.57 Å². The van der Waals surface area contributed by atoms with Gasteiger partial charge in [-0.1, -0.05) is 30.3 Å². The molecule has 0 fully saturated rings. The molecule has 0 aliphatic rings. The van der Waals surface area contributed by atoms with Crippen molar-refractivity contribution in [3.05, 3.63) is 76.0 Å². The molecule has 0 radical (unpaired) electrons. The Bertz CT molecular complexity index is 700.